The van der Waals surface area contributed by atoms with Gasteiger partial charge in [0.05, 0.1) is 13.2 Å². The fourth-order valence-electron chi connectivity index (χ4n) is 2.97. The van der Waals surface area contributed by atoms with E-state index in [0.717, 1.165) is 31.8 Å². The van der Waals surface area contributed by atoms with Gasteiger partial charge in [0.1, 0.15) is 0 Å². The fourth-order valence-corrected chi connectivity index (χ4v) is 2.97. The number of rotatable bonds is 3. The highest BCUT2D eigenvalue weighted by atomic mass is 16.5. The summed E-state index contributed by atoms with van der Waals surface area (Å²) in [6, 6.07) is 8.51. The van der Waals surface area contributed by atoms with E-state index in [9.17, 15) is 0 Å². The second kappa shape index (κ2) is 4.90. The summed E-state index contributed by atoms with van der Waals surface area (Å²) in [6.07, 6.45) is 2.08. The molecule has 1 saturated heterocycles. The zero-order valence-corrected chi connectivity index (χ0v) is 11.3. The summed E-state index contributed by atoms with van der Waals surface area (Å²) in [7, 11) is 0. The molecule has 4 rings (SSSR count). The van der Waals surface area contributed by atoms with Crippen LogP contribution in [0.4, 0.5) is 5.69 Å². The van der Waals surface area contributed by atoms with E-state index >= 15 is 0 Å². The molecule has 1 fully saturated rings. The SMILES string of the molecule is c1ccc2c(c1)CCN2Cc1nc(C2CCOC2)no1. The smallest absolute Gasteiger partial charge is 0.246 e. The minimum Gasteiger partial charge on any atom is -0.381 e. The molecule has 20 heavy (non-hydrogen) atoms. The van der Waals surface area contributed by atoms with E-state index in [-0.39, 0.29) is 0 Å². The minimum atomic E-state index is 0.304. The molecule has 0 N–H and O–H groups in total. The highest BCUT2D eigenvalue weighted by Crippen LogP contribution is 2.29. The first kappa shape index (κ1) is 11.9. The van der Waals surface area contributed by atoms with Gasteiger partial charge in [-0.2, -0.15) is 4.98 Å². The van der Waals surface area contributed by atoms with Crippen LogP contribution in [-0.4, -0.2) is 29.9 Å². The van der Waals surface area contributed by atoms with E-state index in [1.807, 2.05) is 0 Å². The van der Waals surface area contributed by atoms with E-state index in [0.29, 0.717) is 25.0 Å². The number of benzene rings is 1. The largest absolute Gasteiger partial charge is 0.381 e. The molecular formula is C15H17N3O2. The molecule has 0 bridgehead atoms. The molecular weight excluding hydrogens is 254 g/mol. The lowest BCUT2D eigenvalue weighted by Gasteiger charge is -2.16. The van der Waals surface area contributed by atoms with Crippen LogP contribution >= 0.6 is 0 Å². The van der Waals surface area contributed by atoms with Crippen molar-refractivity contribution < 1.29 is 9.26 Å². The van der Waals surface area contributed by atoms with E-state index < -0.39 is 0 Å². The molecule has 2 aliphatic rings. The van der Waals surface area contributed by atoms with Gasteiger partial charge in [-0.15, -0.1) is 0 Å². The Morgan fingerprint density at radius 1 is 1.30 bits per heavy atom. The molecule has 5 heteroatoms. The molecule has 0 saturated carbocycles. The van der Waals surface area contributed by atoms with Gasteiger partial charge < -0.3 is 14.2 Å². The van der Waals surface area contributed by atoms with Crippen LogP contribution in [0.2, 0.25) is 0 Å². The maximum atomic E-state index is 5.40. The Bertz CT molecular complexity index is 605. The van der Waals surface area contributed by atoms with Crippen molar-refractivity contribution in [3.8, 4) is 0 Å². The van der Waals surface area contributed by atoms with E-state index in [1.54, 1.807) is 0 Å². The Kier molecular flexibility index (Phi) is 2.92. The molecule has 1 aromatic heterocycles. The normalized spacial score (nSPS) is 21.4. The lowest BCUT2D eigenvalue weighted by atomic mass is 10.1. The van der Waals surface area contributed by atoms with Crippen molar-refractivity contribution in [3.63, 3.8) is 0 Å². The second-order valence-corrected chi connectivity index (χ2v) is 5.41. The van der Waals surface area contributed by atoms with Gasteiger partial charge in [-0.05, 0) is 24.5 Å². The summed E-state index contributed by atoms with van der Waals surface area (Å²) in [6.45, 7) is 3.22. The Morgan fingerprint density at radius 2 is 2.25 bits per heavy atom. The Labute approximate surface area is 117 Å². The van der Waals surface area contributed by atoms with Gasteiger partial charge in [-0.1, -0.05) is 23.4 Å². The molecule has 0 spiro atoms. The monoisotopic (exact) mass is 271 g/mol. The molecule has 0 radical (unpaired) electrons. The van der Waals surface area contributed by atoms with Gasteiger partial charge in [-0.3, -0.25) is 0 Å². The second-order valence-electron chi connectivity index (χ2n) is 5.41. The van der Waals surface area contributed by atoms with Gasteiger partial charge in [0.15, 0.2) is 5.82 Å². The van der Waals surface area contributed by atoms with Crippen LogP contribution in [0.25, 0.3) is 0 Å². The first-order valence-electron chi connectivity index (χ1n) is 7.13. The van der Waals surface area contributed by atoms with Gasteiger partial charge in [0.2, 0.25) is 5.89 Å². The average Bonchev–Trinajstić information content (AvgIpc) is 3.19. The standard InChI is InChI=1S/C15H17N3O2/c1-2-4-13-11(3-1)5-7-18(13)9-14-16-15(17-20-14)12-6-8-19-10-12/h1-4,12H,5-10H2. The number of nitrogens with zero attached hydrogens (tertiary/aromatic N) is 3. The third-order valence-corrected chi connectivity index (χ3v) is 4.09. The third kappa shape index (κ3) is 2.08. The van der Waals surface area contributed by atoms with Crippen molar-refractivity contribution in [3.05, 3.63) is 41.5 Å². The Hall–Kier alpha value is -1.88. The van der Waals surface area contributed by atoms with E-state index in [2.05, 4.69) is 39.3 Å². The summed E-state index contributed by atoms with van der Waals surface area (Å²) in [4.78, 5) is 6.83. The number of fused-ring (bicyclic) bond motifs is 1. The number of para-hydroxylation sites is 1. The van der Waals surface area contributed by atoms with Crippen LogP contribution in [0.5, 0.6) is 0 Å². The lowest BCUT2D eigenvalue weighted by molar-refractivity contribution is 0.192. The Balaban J connectivity index is 1.50. The summed E-state index contributed by atoms with van der Waals surface area (Å²) in [5.41, 5.74) is 2.69. The molecule has 5 nitrogen and oxygen atoms in total. The summed E-state index contributed by atoms with van der Waals surface area (Å²) >= 11 is 0. The lowest BCUT2D eigenvalue weighted by Crippen LogP contribution is -2.19. The maximum absolute atomic E-state index is 5.40. The average molecular weight is 271 g/mol. The van der Waals surface area contributed by atoms with Crippen LogP contribution in [0.1, 0.15) is 29.6 Å². The minimum absolute atomic E-state index is 0.304. The summed E-state index contributed by atoms with van der Waals surface area (Å²) in [5.74, 6) is 1.80. The number of hydrogen-bond acceptors (Lipinski definition) is 5. The van der Waals surface area contributed by atoms with Crippen molar-refractivity contribution in [2.75, 3.05) is 24.7 Å². The van der Waals surface area contributed by atoms with Crippen LogP contribution in [0.3, 0.4) is 0 Å². The van der Waals surface area contributed by atoms with Crippen LogP contribution in [0, 0.1) is 0 Å². The number of anilines is 1. The first-order chi connectivity index (χ1) is 9.90. The highest BCUT2D eigenvalue weighted by molar-refractivity contribution is 5.57. The fraction of sp³-hybridized carbons (Fsp3) is 0.467. The van der Waals surface area contributed by atoms with Crippen LogP contribution in [-0.2, 0) is 17.7 Å². The molecule has 1 aromatic carbocycles. The zero-order valence-electron chi connectivity index (χ0n) is 11.3. The molecule has 2 aliphatic heterocycles. The van der Waals surface area contributed by atoms with Crippen molar-refractivity contribution in [2.45, 2.75) is 25.3 Å². The van der Waals surface area contributed by atoms with E-state index in [4.69, 9.17) is 9.26 Å². The molecule has 0 aliphatic carbocycles. The van der Waals surface area contributed by atoms with Crippen LogP contribution < -0.4 is 4.90 Å². The molecule has 3 heterocycles. The van der Waals surface area contributed by atoms with Crippen molar-refractivity contribution in [1.29, 1.82) is 0 Å². The summed E-state index contributed by atoms with van der Waals surface area (Å²) in [5, 5.41) is 4.10. The molecule has 1 unspecified atom stereocenters. The van der Waals surface area contributed by atoms with Crippen LogP contribution in [0.15, 0.2) is 28.8 Å². The predicted octanol–water partition coefficient (Wildman–Crippen LogP) is 2.14. The van der Waals surface area contributed by atoms with Crippen molar-refractivity contribution in [2.24, 2.45) is 0 Å². The topological polar surface area (TPSA) is 51.4 Å². The molecule has 104 valence electrons. The Morgan fingerprint density at radius 3 is 3.15 bits per heavy atom. The van der Waals surface area contributed by atoms with Gasteiger partial charge >= 0.3 is 0 Å². The summed E-state index contributed by atoms with van der Waals surface area (Å²) < 4.78 is 10.8. The van der Waals surface area contributed by atoms with Gasteiger partial charge in [-0.25, -0.2) is 0 Å². The molecule has 1 atom stereocenters. The number of ether oxygens (including phenoxy) is 1. The van der Waals surface area contributed by atoms with Gasteiger partial charge in [0, 0.05) is 24.8 Å². The predicted molar refractivity (Wildman–Crippen MR) is 73.7 cm³/mol. The molecule has 0 amide bonds. The van der Waals surface area contributed by atoms with Crippen molar-refractivity contribution in [1.82, 2.24) is 10.1 Å². The zero-order chi connectivity index (χ0) is 13.4. The number of hydrogen-bond donors (Lipinski definition) is 0. The molecule has 2 aromatic rings. The third-order valence-electron chi connectivity index (χ3n) is 4.09. The number of aromatic nitrogens is 2. The highest BCUT2D eigenvalue weighted by Gasteiger charge is 2.25. The maximum Gasteiger partial charge on any atom is 0.246 e. The van der Waals surface area contributed by atoms with Gasteiger partial charge in [0.25, 0.3) is 0 Å². The quantitative estimate of drug-likeness (QED) is 0.856. The first-order valence-corrected chi connectivity index (χ1v) is 7.13. The van der Waals surface area contributed by atoms with Crippen molar-refractivity contribution >= 4 is 5.69 Å². The van der Waals surface area contributed by atoms with E-state index in [1.165, 1.54) is 11.3 Å².